The first-order valence-corrected chi connectivity index (χ1v) is 7.15. The van der Waals surface area contributed by atoms with Gasteiger partial charge in [0.05, 0.1) is 24.3 Å². The lowest BCUT2D eigenvalue weighted by atomic mass is 10.1. The van der Waals surface area contributed by atoms with Gasteiger partial charge in [-0.05, 0) is 18.9 Å². The maximum Gasteiger partial charge on any atom is 0.130 e. The topological polar surface area (TPSA) is 47.3 Å². The van der Waals surface area contributed by atoms with Gasteiger partial charge in [0.1, 0.15) is 12.4 Å². The highest BCUT2D eigenvalue weighted by atomic mass is 16.5. The van der Waals surface area contributed by atoms with Crippen LogP contribution in [0.25, 0.3) is 0 Å². The molecule has 0 aliphatic heterocycles. The van der Waals surface area contributed by atoms with Crippen LogP contribution in [0.2, 0.25) is 0 Å². The van der Waals surface area contributed by atoms with E-state index in [9.17, 15) is 5.11 Å². The Bertz CT molecular complexity index is 537. The second-order valence-electron chi connectivity index (χ2n) is 4.83. The lowest BCUT2D eigenvalue weighted by molar-refractivity contribution is 0.166. The van der Waals surface area contributed by atoms with Gasteiger partial charge in [0.25, 0.3) is 0 Å². The molecular formula is C16H22N2O2. The third-order valence-corrected chi connectivity index (χ3v) is 3.30. The highest BCUT2D eigenvalue weighted by molar-refractivity contribution is 5.35. The van der Waals surface area contributed by atoms with Gasteiger partial charge in [0, 0.05) is 12.1 Å². The van der Waals surface area contributed by atoms with Gasteiger partial charge in [-0.3, -0.25) is 0 Å². The average Bonchev–Trinajstić information content (AvgIpc) is 2.92. The first-order chi connectivity index (χ1) is 9.76. The van der Waals surface area contributed by atoms with E-state index in [-0.39, 0.29) is 0 Å². The highest BCUT2D eigenvalue weighted by Crippen LogP contribution is 2.27. The molecule has 4 nitrogen and oxygen atoms in total. The third kappa shape index (κ3) is 3.39. The fourth-order valence-corrected chi connectivity index (χ4v) is 2.17. The number of hydrogen-bond acceptors (Lipinski definition) is 3. The lowest BCUT2D eigenvalue weighted by Gasteiger charge is -2.15. The van der Waals surface area contributed by atoms with Gasteiger partial charge in [-0.1, -0.05) is 32.0 Å². The minimum absolute atomic E-state index is 0.466. The van der Waals surface area contributed by atoms with Crippen molar-refractivity contribution in [2.45, 2.75) is 45.9 Å². The quantitative estimate of drug-likeness (QED) is 0.842. The Morgan fingerprint density at radius 3 is 2.85 bits per heavy atom. The molecule has 0 fully saturated rings. The van der Waals surface area contributed by atoms with E-state index in [1.807, 2.05) is 43.7 Å². The number of ether oxygens (including phenoxy) is 1. The zero-order chi connectivity index (χ0) is 14.4. The number of rotatable bonds is 7. The predicted molar refractivity (Wildman–Crippen MR) is 78.5 cm³/mol. The van der Waals surface area contributed by atoms with Crippen molar-refractivity contribution in [3.63, 3.8) is 0 Å². The summed E-state index contributed by atoms with van der Waals surface area (Å²) in [6, 6.07) is 7.65. The van der Waals surface area contributed by atoms with Crippen LogP contribution in [-0.4, -0.2) is 14.7 Å². The molecule has 0 saturated carbocycles. The van der Waals surface area contributed by atoms with Crippen molar-refractivity contribution < 1.29 is 9.84 Å². The average molecular weight is 274 g/mol. The molecule has 4 heteroatoms. The Hall–Kier alpha value is -1.81. The van der Waals surface area contributed by atoms with Crippen molar-refractivity contribution in [2.75, 3.05) is 0 Å². The van der Waals surface area contributed by atoms with Crippen molar-refractivity contribution in [3.05, 3.63) is 48.0 Å². The summed E-state index contributed by atoms with van der Waals surface area (Å²) in [5, 5.41) is 10.0. The lowest BCUT2D eigenvalue weighted by Crippen LogP contribution is -2.07. The molecule has 0 radical (unpaired) electrons. The van der Waals surface area contributed by atoms with Gasteiger partial charge in [-0.25, -0.2) is 4.98 Å². The van der Waals surface area contributed by atoms with Crippen molar-refractivity contribution in [1.82, 2.24) is 9.55 Å². The standard InChI is InChI=1S/C16H22N2O2/c1-3-9-18-12-17-10-13(18)11-20-16-8-6-5-7-14(16)15(19)4-2/h5-8,10,12,15,19H,3-4,9,11H2,1-2H3/t15-/m1/s1. The van der Waals surface area contributed by atoms with Gasteiger partial charge >= 0.3 is 0 Å². The molecule has 2 rings (SSSR count). The van der Waals surface area contributed by atoms with Gasteiger partial charge in [-0.15, -0.1) is 0 Å². The number of imidazole rings is 1. The number of nitrogens with zero attached hydrogens (tertiary/aromatic N) is 2. The van der Waals surface area contributed by atoms with Crippen molar-refractivity contribution in [1.29, 1.82) is 0 Å². The first-order valence-electron chi connectivity index (χ1n) is 7.15. The maximum atomic E-state index is 10.0. The van der Waals surface area contributed by atoms with Gasteiger partial charge in [-0.2, -0.15) is 0 Å². The molecular weight excluding hydrogens is 252 g/mol. The van der Waals surface area contributed by atoms with E-state index < -0.39 is 6.10 Å². The number of aromatic nitrogens is 2. The van der Waals surface area contributed by atoms with Crippen LogP contribution in [0.4, 0.5) is 0 Å². The molecule has 108 valence electrons. The monoisotopic (exact) mass is 274 g/mol. The Morgan fingerprint density at radius 1 is 1.30 bits per heavy atom. The molecule has 1 aromatic heterocycles. The fourth-order valence-electron chi connectivity index (χ4n) is 2.17. The molecule has 1 atom stereocenters. The van der Waals surface area contributed by atoms with Crippen LogP contribution in [0, 0.1) is 0 Å². The SMILES string of the molecule is CCCn1cncc1COc1ccccc1[C@H](O)CC. The summed E-state index contributed by atoms with van der Waals surface area (Å²) >= 11 is 0. The van der Waals surface area contributed by atoms with Crippen LogP contribution in [0.3, 0.4) is 0 Å². The van der Waals surface area contributed by atoms with Gasteiger partial charge < -0.3 is 14.4 Å². The molecule has 0 amide bonds. The summed E-state index contributed by atoms with van der Waals surface area (Å²) in [5.41, 5.74) is 1.89. The molecule has 1 heterocycles. The Morgan fingerprint density at radius 2 is 2.10 bits per heavy atom. The largest absolute Gasteiger partial charge is 0.487 e. The second kappa shape index (κ2) is 7.10. The van der Waals surface area contributed by atoms with E-state index in [2.05, 4.69) is 16.5 Å². The molecule has 0 unspecified atom stereocenters. The number of aliphatic hydroxyl groups is 1. The number of aliphatic hydroxyl groups excluding tert-OH is 1. The Labute approximate surface area is 120 Å². The van der Waals surface area contributed by atoms with Crippen LogP contribution in [-0.2, 0) is 13.2 Å². The van der Waals surface area contributed by atoms with E-state index in [1.54, 1.807) is 0 Å². The molecule has 1 aromatic carbocycles. The first kappa shape index (κ1) is 14.6. The molecule has 20 heavy (non-hydrogen) atoms. The van der Waals surface area contributed by atoms with Crippen molar-refractivity contribution >= 4 is 0 Å². The van der Waals surface area contributed by atoms with Crippen LogP contribution in [0.1, 0.15) is 44.1 Å². The summed E-state index contributed by atoms with van der Waals surface area (Å²) in [7, 11) is 0. The van der Waals surface area contributed by atoms with Crippen molar-refractivity contribution in [2.24, 2.45) is 0 Å². The normalized spacial score (nSPS) is 12.3. The molecule has 1 N–H and O–H groups in total. The summed E-state index contributed by atoms with van der Waals surface area (Å²) in [6.07, 6.45) is 4.92. The predicted octanol–water partition coefficient (Wildman–Crippen LogP) is 3.32. The zero-order valence-electron chi connectivity index (χ0n) is 12.1. The van der Waals surface area contributed by atoms with Gasteiger partial charge in [0.15, 0.2) is 0 Å². The van der Waals surface area contributed by atoms with E-state index in [0.717, 1.165) is 30.0 Å². The third-order valence-electron chi connectivity index (χ3n) is 3.30. The number of benzene rings is 1. The number of aryl methyl sites for hydroxylation is 1. The maximum absolute atomic E-state index is 10.0. The minimum atomic E-state index is -0.480. The van der Waals surface area contributed by atoms with Crippen LogP contribution >= 0.6 is 0 Å². The van der Waals surface area contributed by atoms with Crippen molar-refractivity contribution in [3.8, 4) is 5.75 Å². The zero-order valence-corrected chi connectivity index (χ0v) is 12.1. The number of para-hydroxylation sites is 1. The summed E-state index contributed by atoms with van der Waals surface area (Å²) in [4.78, 5) is 4.16. The Kier molecular flexibility index (Phi) is 5.18. The van der Waals surface area contributed by atoms with Crippen LogP contribution in [0.5, 0.6) is 5.75 Å². The van der Waals surface area contributed by atoms with Gasteiger partial charge in [0.2, 0.25) is 0 Å². The smallest absolute Gasteiger partial charge is 0.130 e. The minimum Gasteiger partial charge on any atom is -0.487 e. The molecule has 0 spiro atoms. The van der Waals surface area contributed by atoms with Crippen LogP contribution < -0.4 is 4.74 Å². The second-order valence-corrected chi connectivity index (χ2v) is 4.83. The molecule has 0 aliphatic rings. The Balaban J connectivity index is 2.09. The summed E-state index contributed by atoms with van der Waals surface area (Å²) in [6.45, 7) is 5.50. The molecule has 0 aliphatic carbocycles. The summed E-state index contributed by atoms with van der Waals surface area (Å²) in [5.74, 6) is 0.742. The van der Waals surface area contributed by atoms with E-state index in [0.29, 0.717) is 13.0 Å². The number of hydrogen-bond donors (Lipinski definition) is 1. The van der Waals surface area contributed by atoms with E-state index in [1.165, 1.54) is 0 Å². The summed E-state index contributed by atoms with van der Waals surface area (Å²) < 4.78 is 7.97. The van der Waals surface area contributed by atoms with E-state index >= 15 is 0 Å². The molecule has 2 aromatic rings. The van der Waals surface area contributed by atoms with E-state index in [4.69, 9.17) is 4.74 Å². The highest BCUT2D eigenvalue weighted by Gasteiger charge is 2.11. The van der Waals surface area contributed by atoms with Crippen LogP contribution in [0.15, 0.2) is 36.8 Å². The molecule has 0 bridgehead atoms. The fraction of sp³-hybridized carbons (Fsp3) is 0.438. The molecule has 0 saturated heterocycles.